The third kappa shape index (κ3) is 3.57. The molecule has 18 heavy (non-hydrogen) atoms. The van der Waals surface area contributed by atoms with E-state index in [4.69, 9.17) is 0 Å². The van der Waals surface area contributed by atoms with Gasteiger partial charge in [-0.3, -0.25) is 4.79 Å². The summed E-state index contributed by atoms with van der Waals surface area (Å²) in [4.78, 5) is 12.9. The molecule has 0 radical (unpaired) electrons. The molecule has 1 atom stereocenters. The summed E-state index contributed by atoms with van der Waals surface area (Å²) in [6.45, 7) is 14.9. The van der Waals surface area contributed by atoms with Crippen LogP contribution in [0.4, 0.5) is 0 Å². The first kappa shape index (κ1) is 15.7. The Morgan fingerprint density at radius 1 is 1.11 bits per heavy atom. The lowest BCUT2D eigenvalue weighted by Gasteiger charge is -2.43. The molecular formula is C16H31NO. The molecule has 0 amide bonds. The first-order valence-corrected chi connectivity index (χ1v) is 7.37. The Labute approximate surface area is 113 Å². The molecule has 1 fully saturated rings. The lowest BCUT2D eigenvalue weighted by Crippen LogP contribution is -2.55. The van der Waals surface area contributed by atoms with Crippen LogP contribution in [0.2, 0.25) is 0 Å². The van der Waals surface area contributed by atoms with Gasteiger partial charge in [-0.05, 0) is 45.4 Å². The van der Waals surface area contributed by atoms with Crippen molar-refractivity contribution >= 4 is 5.78 Å². The van der Waals surface area contributed by atoms with E-state index in [1.807, 2.05) is 0 Å². The molecule has 0 spiro atoms. The number of rotatable bonds is 5. The molecule has 0 heterocycles. The molecule has 0 saturated heterocycles. The van der Waals surface area contributed by atoms with Gasteiger partial charge in [0.05, 0.1) is 6.04 Å². The molecule has 1 aliphatic rings. The first-order valence-electron chi connectivity index (χ1n) is 7.37. The third-order valence-corrected chi connectivity index (χ3v) is 4.30. The first-order chi connectivity index (χ1) is 8.05. The predicted molar refractivity (Wildman–Crippen MR) is 77.6 cm³/mol. The van der Waals surface area contributed by atoms with Crippen LogP contribution < -0.4 is 5.32 Å². The highest BCUT2D eigenvalue weighted by molar-refractivity contribution is 5.89. The SMILES string of the molecule is CC(C)C(NC(C)(C)C)C(=O)C(C)(C)C1CCC1. The Bertz CT molecular complexity index is 295. The molecule has 106 valence electrons. The normalized spacial score (nSPS) is 19.8. The van der Waals surface area contributed by atoms with Crippen LogP contribution in [-0.4, -0.2) is 17.4 Å². The molecule has 1 aliphatic carbocycles. The maximum atomic E-state index is 12.9. The average Bonchev–Trinajstić information content (AvgIpc) is 2.07. The second-order valence-corrected chi connectivity index (χ2v) is 7.83. The van der Waals surface area contributed by atoms with Crippen LogP contribution in [0.15, 0.2) is 0 Å². The van der Waals surface area contributed by atoms with E-state index in [0.717, 1.165) is 0 Å². The molecule has 1 unspecified atom stereocenters. The van der Waals surface area contributed by atoms with Crippen molar-refractivity contribution in [2.45, 2.75) is 79.3 Å². The third-order valence-electron chi connectivity index (χ3n) is 4.30. The van der Waals surface area contributed by atoms with E-state index in [9.17, 15) is 4.79 Å². The van der Waals surface area contributed by atoms with E-state index >= 15 is 0 Å². The van der Waals surface area contributed by atoms with Gasteiger partial charge >= 0.3 is 0 Å². The highest BCUT2D eigenvalue weighted by Gasteiger charge is 2.43. The van der Waals surface area contributed by atoms with Crippen molar-refractivity contribution in [3.8, 4) is 0 Å². The Kier molecular flexibility index (Phi) is 4.64. The number of Topliss-reactive ketones (excluding diaryl/α,β-unsaturated/α-hetero) is 1. The number of hydrogen-bond acceptors (Lipinski definition) is 2. The van der Waals surface area contributed by atoms with Crippen molar-refractivity contribution in [2.24, 2.45) is 17.3 Å². The Hall–Kier alpha value is -0.370. The maximum absolute atomic E-state index is 12.9. The molecule has 0 bridgehead atoms. The zero-order valence-corrected chi connectivity index (χ0v) is 13.3. The molecular weight excluding hydrogens is 222 g/mol. The molecule has 1 rings (SSSR count). The lowest BCUT2D eigenvalue weighted by atomic mass is 9.63. The summed E-state index contributed by atoms with van der Waals surface area (Å²) in [5.41, 5.74) is -0.189. The Balaban J connectivity index is 2.82. The van der Waals surface area contributed by atoms with Gasteiger partial charge < -0.3 is 5.32 Å². The van der Waals surface area contributed by atoms with Crippen molar-refractivity contribution in [2.75, 3.05) is 0 Å². The van der Waals surface area contributed by atoms with Gasteiger partial charge in [-0.25, -0.2) is 0 Å². The number of nitrogens with one attached hydrogen (secondary N) is 1. The molecule has 2 nitrogen and oxygen atoms in total. The summed E-state index contributed by atoms with van der Waals surface area (Å²) in [5, 5.41) is 3.52. The highest BCUT2D eigenvalue weighted by Crippen LogP contribution is 2.43. The highest BCUT2D eigenvalue weighted by atomic mass is 16.1. The van der Waals surface area contributed by atoms with Gasteiger partial charge in [0.1, 0.15) is 0 Å². The molecule has 2 heteroatoms. The van der Waals surface area contributed by atoms with E-state index in [2.05, 4.69) is 53.8 Å². The standard InChI is InChI=1S/C16H31NO/c1-11(2)13(17-15(3,4)5)14(18)16(6,7)12-9-8-10-12/h11-13,17H,8-10H2,1-7H3. The van der Waals surface area contributed by atoms with E-state index in [0.29, 0.717) is 17.6 Å². The van der Waals surface area contributed by atoms with Crippen LogP contribution in [0.3, 0.4) is 0 Å². The van der Waals surface area contributed by atoms with Crippen molar-refractivity contribution < 1.29 is 4.79 Å². The molecule has 0 aromatic carbocycles. The molecule has 0 aromatic rings. The monoisotopic (exact) mass is 253 g/mol. The van der Waals surface area contributed by atoms with Crippen LogP contribution >= 0.6 is 0 Å². The topological polar surface area (TPSA) is 29.1 Å². The zero-order valence-electron chi connectivity index (χ0n) is 13.3. The van der Waals surface area contributed by atoms with E-state index < -0.39 is 0 Å². The summed E-state index contributed by atoms with van der Waals surface area (Å²) in [7, 11) is 0. The number of carbonyl (C=O) groups is 1. The van der Waals surface area contributed by atoms with Gasteiger partial charge in [-0.2, -0.15) is 0 Å². The van der Waals surface area contributed by atoms with Gasteiger partial charge in [-0.1, -0.05) is 34.1 Å². The smallest absolute Gasteiger partial charge is 0.155 e. The number of hydrogen-bond donors (Lipinski definition) is 1. The summed E-state index contributed by atoms with van der Waals surface area (Å²) >= 11 is 0. The van der Waals surface area contributed by atoms with Crippen LogP contribution in [-0.2, 0) is 4.79 Å². The quantitative estimate of drug-likeness (QED) is 0.807. The summed E-state index contributed by atoms with van der Waals surface area (Å²) in [5.74, 6) is 1.33. The zero-order chi connectivity index (χ0) is 14.1. The molecule has 0 aliphatic heterocycles. The van der Waals surface area contributed by atoms with E-state index in [1.165, 1.54) is 19.3 Å². The Morgan fingerprint density at radius 3 is 1.89 bits per heavy atom. The fraction of sp³-hybridized carbons (Fsp3) is 0.938. The van der Waals surface area contributed by atoms with Crippen LogP contribution in [0, 0.1) is 17.3 Å². The van der Waals surface area contributed by atoms with Crippen molar-refractivity contribution in [3.05, 3.63) is 0 Å². The summed E-state index contributed by atoms with van der Waals surface area (Å²) in [6.07, 6.45) is 3.73. The molecule has 1 N–H and O–H groups in total. The predicted octanol–water partition coefficient (Wildman–Crippen LogP) is 3.79. The number of carbonyl (C=O) groups excluding carboxylic acids is 1. The maximum Gasteiger partial charge on any atom is 0.155 e. The van der Waals surface area contributed by atoms with Gasteiger partial charge in [0.2, 0.25) is 0 Å². The fourth-order valence-corrected chi connectivity index (χ4v) is 2.73. The summed E-state index contributed by atoms with van der Waals surface area (Å²) < 4.78 is 0. The van der Waals surface area contributed by atoms with Crippen molar-refractivity contribution in [1.82, 2.24) is 5.32 Å². The fourth-order valence-electron chi connectivity index (χ4n) is 2.73. The number of ketones is 1. The van der Waals surface area contributed by atoms with E-state index in [1.54, 1.807) is 0 Å². The van der Waals surface area contributed by atoms with Gasteiger partial charge in [0, 0.05) is 11.0 Å². The second kappa shape index (κ2) is 5.32. The van der Waals surface area contributed by atoms with Crippen molar-refractivity contribution in [3.63, 3.8) is 0 Å². The van der Waals surface area contributed by atoms with Crippen molar-refractivity contribution in [1.29, 1.82) is 0 Å². The van der Waals surface area contributed by atoms with Gasteiger partial charge in [0.25, 0.3) is 0 Å². The van der Waals surface area contributed by atoms with Crippen LogP contribution in [0.25, 0.3) is 0 Å². The lowest BCUT2D eigenvalue weighted by molar-refractivity contribution is -0.135. The minimum Gasteiger partial charge on any atom is -0.302 e. The minimum absolute atomic E-state index is 0.0136. The molecule has 0 aromatic heterocycles. The largest absolute Gasteiger partial charge is 0.302 e. The minimum atomic E-state index is -0.175. The van der Waals surface area contributed by atoms with Crippen LogP contribution in [0.5, 0.6) is 0 Å². The van der Waals surface area contributed by atoms with Crippen LogP contribution in [0.1, 0.15) is 67.7 Å². The Morgan fingerprint density at radius 2 is 1.61 bits per heavy atom. The average molecular weight is 253 g/mol. The molecule has 1 saturated carbocycles. The van der Waals surface area contributed by atoms with Gasteiger partial charge in [-0.15, -0.1) is 0 Å². The van der Waals surface area contributed by atoms with E-state index in [-0.39, 0.29) is 17.0 Å². The summed E-state index contributed by atoms with van der Waals surface area (Å²) in [6, 6.07) is -0.0272. The second-order valence-electron chi connectivity index (χ2n) is 7.83. The van der Waals surface area contributed by atoms with Gasteiger partial charge in [0.15, 0.2) is 5.78 Å².